The van der Waals surface area contributed by atoms with E-state index in [2.05, 4.69) is 28.1 Å². The molecule has 47 heavy (non-hydrogen) atoms. The molecule has 0 radical (unpaired) electrons. The van der Waals surface area contributed by atoms with Gasteiger partial charge in [0.1, 0.15) is 25.0 Å². The van der Waals surface area contributed by atoms with Gasteiger partial charge in [0, 0.05) is 18.2 Å². The van der Waals surface area contributed by atoms with Crippen molar-refractivity contribution < 1.29 is 33.4 Å². The first kappa shape index (κ1) is 32.6. The van der Waals surface area contributed by atoms with Crippen LogP contribution in [0.25, 0.3) is 11.1 Å². The number of anilines is 1. The largest absolute Gasteiger partial charge is 0.514 e. The molecule has 4 aromatic rings. The Hall–Kier alpha value is -5.84. The molecule has 0 spiro atoms. The van der Waals surface area contributed by atoms with Crippen LogP contribution in [0.5, 0.6) is 5.75 Å². The average Bonchev–Trinajstić information content (AvgIpc) is 3.39. The monoisotopic (exact) mass is 636 g/mol. The van der Waals surface area contributed by atoms with Crippen LogP contribution in [-0.4, -0.2) is 43.4 Å². The minimum Gasteiger partial charge on any atom is -0.449 e. The predicted molar refractivity (Wildman–Crippen MR) is 176 cm³/mol. The molecule has 242 valence electrons. The van der Waals surface area contributed by atoms with E-state index >= 15 is 0 Å². The quantitative estimate of drug-likeness (QED) is 0.0843. The molecule has 1 atom stereocenters. The molecular formula is C36H36N4O7. The maximum atomic E-state index is 13.3. The van der Waals surface area contributed by atoms with Gasteiger partial charge in [-0.1, -0.05) is 78.4 Å². The molecule has 0 heterocycles. The van der Waals surface area contributed by atoms with Crippen molar-refractivity contribution >= 4 is 29.9 Å². The molecule has 11 heteroatoms. The molecule has 0 fully saturated rings. The van der Waals surface area contributed by atoms with E-state index in [1.165, 1.54) is 0 Å². The molecular weight excluding hydrogens is 600 g/mol. The lowest BCUT2D eigenvalue weighted by Crippen LogP contribution is -2.44. The molecule has 4 aromatic carbocycles. The Bertz CT molecular complexity index is 1680. The summed E-state index contributed by atoms with van der Waals surface area (Å²) in [4.78, 5) is 49.4. The highest BCUT2D eigenvalue weighted by molar-refractivity contribution is 5.96. The van der Waals surface area contributed by atoms with Gasteiger partial charge in [-0.25, -0.2) is 14.4 Å². The number of carbonyl (C=O) groups excluding carboxylic acids is 4. The molecule has 1 aliphatic carbocycles. The summed E-state index contributed by atoms with van der Waals surface area (Å²) >= 11 is 0. The molecule has 1 aliphatic rings. The van der Waals surface area contributed by atoms with Crippen LogP contribution in [0.2, 0.25) is 0 Å². The van der Waals surface area contributed by atoms with Gasteiger partial charge in [-0.2, -0.15) is 0 Å². The fourth-order valence-corrected chi connectivity index (χ4v) is 5.36. The summed E-state index contributed by atoms with van der Waals surface area (Å²) in [5, 5.41) is 7.96. The lowest BCUT2D eigenvalue weighted by molar-refractivity contribution is -0.118. The van der Waals surface area contributed by atoms with E-state index in [-0.39, 0.29) is 32.1 Å². The van der Waals surface area contributed by atoms with E-state index in [0.29, 0.717) is 23.4 Å². The Morgan fingerprint density at radius 1 is 0.809 bits per heavy atom. The van der Waals surface area contributed by atoms with Gasteiger partial charge in [-0.3, -0.25) is 4.79 Å². The first-order chi connectivity index (χ1) is 22.8. The zero-order chi connectivity index (χ0) is 33.2. The van der Waals surface area contributed by atoms with Crippen molar-refractivity contribution in [2.75, 3.05) is 18.5 Å². The molecule has 0 saturated carbocycles. The van der Waals surface area contributed by atoms with Crippen molar-refractivity contribution in [1.29, 1.82) is 0 Å². The molecule has 0 aliphatic heterocycles. The van der Waals surface area contributed by atoms with Gasteiger partial charge in [0.15, 0.2) is 0 Å². The van der Waals surface area contributed by atoms with Gasteiger partial charge < -0.3 is 35.9 Å². The van der Waals surface area contributed by atoms with Gasteiger partial charge >= 0.3 is 18.3 Å². The Labute approximate surface area is 272 Å². The molecule has 11 nitrogen and oxygen atoms in total. The minimum atomic E-state index is -0.958. The van der Waals surface area contributed by atoms with Crippen molar-refractivity contribution in [3.05, 3.63) is 119 Å². The Kier molecular flexibility index (Phi) is 10.7. The number of carbonyl (C=O) groups is 4. The van der Waals surface area contributed by atoms with Crippen LogP contribution in [0.3, 0.4) is 0 Å². The summed E-state index contributed by atoms with van der Waals surface area (Å²) in [5.74, 6) is -0.222. The topological polar surface area (TPSA) is 158 Å². The zero-order valence-electron chi connectivity index (χ0n) is 25.9. The van der Waals surface area contributed by atoms with Crippen molar-refractivity contribution in [2.45, 2.75) is 38.3 Å². The van der Waals surface area contributed by atoms with Crippen LogP contribution >= 0.6 is 0 Å². The van der Waals surface area contributed by atoms with Crippen LogP contribution in [0.1, 0.15) is 41.0 Å². The number of benzene rings is 4. The number of fused-ring (bicyclic) bond motifs is 3. The van der Waals surface area contributed by atoms with Gasteiger partial charge in [0.25, 0.3) is 0 Å². The van der Waals surface area contributed by atoms with E-state index in [1.807, 2.05) is 55.5 Å². The van der Waals surface area contributed by atoms with Gasteiger partial charge in [0.05, 0.1) is 0 Å². The van der Waals surface area contributed by atoms with Crippen molar-refractivity contribution in [3.63, 3.8) is 0 Å². The second-order valence-electron chi connectivity index (χ2n) is 11.1. The number of urea groups is 1. The summed E-state index contributed by atoms with van der Waals surface area (Å²) in [6, 6.07) is 28.1. The van der Waals surface area contributed by atoms with Gasteiger partial charge in [-0.05, 0) is 71.8 Å². The summed E-state index contributed by atoms with van der Waals surface area (Å²) < 4.78 is 16.0. The van der Waals surface area contributed by atoms with E-state index in [1.54, 1.807) is 36.4 Å². The van der Waals surface area contributed by atoms with Crippen LogP contribution in [0, 0.1) is 6.92 Å². The third kappa shape index (κ3) is 8.88. The van der Waals surface area contributed by atoms with Crippen LogP contribution in [0.15, 0.2) is 97.1 Å². The van der Waals surface area contributed by atoms with E-state index in [0.717, 1.165) is 27.8 Å². The second-order valence-corrected chi connectivity index (χ2v) is 11.1. The Balaban J connectivity index is 1.15. The summed E-state index contributed by atoms with van der Waals surface area (Å²) in [5.41, 5.74) is 11.7. The first-order valence-electron chi connectivity index (χ1n) is 15.2. The molecule has 5 N–H and O–H groups in total. The summed E-state index contributed by atoms with van der Waals surface area (Å²) in [7, 11) is 0. The van der Waals surface area contributed by atoms with Crippen LogP contribution in [-0.2, 0) is 20.9 Å². The summed E-state index contributed by atoms with van der Waals surface area (Å²) in [6.07, 6.45) is -0.982. The number of ether oxygens (including phenoxy) is 3. The zero-order valence-corrected chi connectivity index (χ0v) is 25.9. The van der Waals surface area contributed by atoms with E-state index in [9.17, 15) is 19.2 Å². The van der Waals surface area contributed by atoms with E-state index < -0.39 is 30.2 Å². The maximum Gasteiger partial charge on any atom is 0.514 e. The fraction of sp³-hybridized carbons (Fsp3) is 0.222. The molecule has 0 saturated heterocycles. The van der Waals surface area contributed by atoms with Crippen molar-refractivity contribution in [2.24, 2.45) is 5.73 Å². The number of aryl methyl sites for hydroxylation is 1. The highest BCUT2D eigenvalue weighted by atomic mass is 16.7. The normalized spacial score (nSPS) is 12.2. The number of nitrogens with two attached hydrogens (primary N) is 1. The lowest BCUT2D eigenvalue weighted by atomic mass is 9.98. The van der Waals surface area contributed by atoms with E-state index in [4.69, 9.17) is 19.9 Å². The number of alkyl carbamates (subject to hydrolysis) is 1. The smallest absolute Gasteiger partial charge is 0.449 e. The number of nitrogens with one attached hydrogen (secondary N) is 3. The minimum absolute atomic E-state index is 0.0300. The standard InChI is InChI=1S/C36H36N4O7/c1-23-12-18-26(19-13-23)47-36(44)46-21-24-14-16-25(17-15-24)39-33(41)32(11-6-20-38-34(37)42)40-35(43)45-22-31-29-9-4-2-7-27(29)28-8-3-5-10-30(28)31/h2-5,7-10,12-19,31-32H,6,11,20-22H2,1H3,(H,39,41)(H,40,43)(H3,37,38,42)/t32-/m0/s1. The third-order valence-electron chi connectivity index (χ3n) is 7.72. The molecule has 5 rings (SSSR count). The van der Waals surface area contributed by atoms with Crippen LogP contribution in [0.4, 0.5) is 20.1 Å². The molecule has 4 amide bonds. The Morgan fingerprint density at radius 2 is 1.45 bits per heavy atom. The maximum absolute atomic E-state index is 13.3. The first-order valence-corrected chi connectivity index (χ1v) is 15.2. The van der Waals surface area contributed by atoms with Gasteiger partial charge in [0.2, 0.25) is 5.91 Å². The number of hydrogen-bond donors (Lipinski definition) is 4. The van der Waals surface area contributed by atoms with Crippen LogP contribution < -0.4 is 26.4 Å². The number of hydrogen-bond acceptors (Lipinski definition) is 7. The Morgan fingerprint density at radius 3 is 2.09 bits per heavy atom. The average molecular weight is 637 g/mol. The third-order valence-corrected chi connectivity index (χ3v) is 7.72. The van der Waals surface area contributed by atoms with Crippen molar-refractivity contribution in [3.8, 4) is 16.9 Å². The highest BCUT2D eigenvalue weighted by Gasteiger charge is 2.30. The SMILES string of the molecule is Cc1ccc(OC(=O)OCc2ccc(NC(=O)[C@H](CCCNC(N)=O)NC(=O)OCC3c4ccccc4-c4ccccc43)cc2)cc1. The molecule has 0 aromatic heterocycles. The summed E-state index contributed by atoms with van der Waals surface area (Å²) in [6.45, 7) is 2.23. The fourth-order valence-electron chi connectivity index (χ4n) is 5.36. The number of amides is 4. The molecule has 0 bridgehead atoms. The van der Waals surface area contributed by atoms with Gasteiger partial charge in [-0.15, -0.1) is 0 Å². The second kappa shape index (κ2) is 15.4. The number of rotatable bonds is 12. The lowest BCUT2D eigenvalue weighted by Gasteiger charge is -2.20. The highest BCUT2D eigenvalue weighted by Crippen LogP contribution is 2.44. The predicted octanol–water partition coefficient (Wildman–Crippen LogP) is 6.00. The van der Waals surface area contributed by atoms with Crippen molar-refractivity contribution in [1.82, 2.24) is 10.6 Å². The molecule has 0 unspecified atom stereocenters. The number of primary amides is 1.